The molecule has 0 saturated carbocycles. The second-order valence-electron chi connectivity index (χ2n) is 4.15. The van der Waals surface area contributed by atoms with Crippen LogP contribution in [-0.4, -0.2) is 17.2 Å². The van der Waals surface area contributed by atoms with Gasteiger partial charge in [-0.1, -0.05) is 32.7 Å². The third-order valence-corrected chi connectivity index (χ3v) is 3.23. The van der Waals surface area contributed by atoms with E-state index in [9.17, 15) is 4.79 Å². The topological polar surface area (TPSA) is 64.4 Å². The summed E-state index contributed by atoms with van der Waals surface area (Å²) in [4.78, 5) is 11.9. The van der Waals surface area contributed by atoms with Crippen molar-refractivity contribution in [1.82, 2.24) is 5.16 Å². The Morgan fingerprint density at radius 2 is 2.25 bits per heavy atom. The van der Waals surface area contributed by atoms with Crippen molar-refractivity contribution in [3.63, 3.8) is 0 Å². The minimum absolute atomic E-state index is 0.336. The van der Waals surface area contributed by atoms with Gasteiger partial charge in [0.15, 0.2) is 11.9 Å². The van der Waals surface area contributed by atoms with Crippen LogP contribution in [0.2, 0.25) is 5.02 Å². The van der Waals surface area contributed by atoms with Gasteiger partial charge in [0.1, 0.15) is 11.5 Å². The van der Waals surface area contributed by atoms with Crippen LogP contribution in [0.4, 0.5) is 5.82 Å². The normalized spacial score (nSPS) is 12.0. The molecule has 0 aliphatic carbocycles. The van der Waals surface area contributed by atoms with Gasteiger partial charge in [0.05, 0.1) is 5.02 Å². The summed E-state index contributed by atoms with van der Waals surface area (Å²) in [6.07, 6.45) is -0.717. The molecule has 0 spiro atoms. The molecule has 0 bridgehead atoms. The molecule has 5 nitrogen and oxygen atoms in total. The van der Waals surface area contributed by atoms with E-state index >= 15 is 0 Å². The highest BCUT2D eigenvalue weighted by Gasteiger charge is 2.17. The van der Waals surface area contributed by atoms with Crippen LogP contribution in [0, 0.1) is 6.92 Å². The molecule has 1 heterocycles. The number of anilines is 1. The van der Waals surface area contributed by atoms with Crippen LogP contribution in [0.15, 0.2) is 33.3 Å². The summed E-state index contributed by atoms with van der Waals surface area (Å²) in [5.41, 5.74) is 0. The first-order valence-corrected chi connectivity index (χ1v) is 6.98. The van der Waals surface area contributed by atoms with Gasteiger partial charge >= 0.3 is 0 Å². The number of hydrogen-bond donors (Lipinski definition) is 1. The van der Waals surface area contributed by atoms with Crippen LogP contribution in [0.1, 0.15) is 12.7 Å². The van der Waals surface area contributed by atoms with Crippen LogP contribution in [0.5, 0.6) is 5.75 Å². The van der Waals surface area contributed by atoms with Crippen LogP contribution in [0.3, 0.4) is 0 Å². The van der Waals surface area contributed by atoms with Gasteiger partial charge in [0.2, 0.25) is 0 Å². The zero-order chi connectivity index (χ0) is 14.7. The van der Waals surface area contributed by atoms with Crippen molar-refractivity contribution in [2.24, 2.45) is 0 Å². The molecule has 0 fully saturated rings. The Labute approximate surface area is 129 Å². The van der Waals surface area contributed by atoms with Crippen molar-refractivity contribution in [2.45, 2.75) is 20.0 Å². The number of amides is 1. The van der Waals surface area contributed by atoms with E-state index in [-0.39, 0.29) is 5.91 Å². The Bertz CT molecular complexity index is 630. The molecule has 0 aliphatic rings. The molecule has 2 aromatic rings. The van der Waals surface area contributed by atoms with Crippen LogP contribution >= 0.6 is 27.5 Å². The van der Waals surface area contributed by atoms with Crippen molar-refractivity contribution < 1.29 is 14.1 Å². The first-order chi connectivity index (χ1) is 9.45. The maximum atomic E-state index is 11.9. The molecule has 1 N–H and O–H groups in total. The number of aryl methyl sites for hydroxylation is 1. The van der Waals surface area contributed by atoms with Crippen molar-refractivity contribution in [3.8, 4) is 5.75 Å². The van der Waals surface area contributed by atoms with Crippen LogP contribution < -0.4 is 10.1 Å². The molecule has 1 amide bonds. The van der Waals surface area contributed by atoms with Gasteiger partial charge in [-0.3, -0.25) is 4.79 Å². The van der Waals surface area contributed by atoms with Crippen molar-refractivity contribution in [3.05, 3.63) is 39.5 Å². The number of halogens is 2. The van der Waals surface area contributed by atoms with Crippen LogP contribution in [-0.2, 0) is 4.79 Å². The zero-order valence-electron chi connectivity index (χ0n) is 10.8. The Morgan fingerprint density at radius 3 is 2.85 bits per heavy atom. The minimum Gasteiger partial charge on any atom is -0.479 e. The Morgan fingerprint density at radius 1 is 1.50 bits per heavy atom. The quantitative estimate of drug-likeness (QED) is 0.901. The number of carbonyl (C=O) groups is 1. The fraction of sp³-hybridized carbons (Fsp3) is 0.231. The molecule has 0 saturated heterocycles. The molecule has 1 aromatic heterocycles. The zero-order valence-corrected chi connectivity index (χ0v) is 13.2. The number of hydrogen-bond acceptors (Lipinski definition) is 4. The summed E-state index contributed by atoms with van der Waals surface area (Å²) in [5.74, 6) is 1.07. The minimum atomic E-state index is -0.717. The van der Waals surface area contributed by atoms with Gasteiger partial charge in [-0.15, -0.1) is 0 Å². The molecule has 0 aliphatic heterocycles. The molecular formula is C13H12BrClN2O3. The lowest BCUT2D eigenvalue weighted by atomic mass is 10.3. The van der Waals surface area contributed by atoms with Crippen molar-refractivity contribution in [2.75, 3.05) is 5.32 Å². The largest absolute Gasteiger partial charge is 0.479 e. The second-order valence-corrected chi connectivity index (χ2v) is 5.47. The fourth-order valence-corrected chi connectivity index (χ4v) is 2.19. The number of ether oxygens (including phenoxy) is 1. The predicted molar refractivity (Wildman–Crippen MR) is 79.1 cm³/mol. The fourth-order valence-electron chi connectivity index (χ4n) is 1.47. The van der Waals surface area contributed by atoms with Gasteiger partial charge in [-0.25, -0.2) is 0 Å². The van der Waals surface area contributed by atoms with Gasteiger partial charge < -0.3 is 14.6 Å². The summed E-state index contributed by atoms with van der Waals surface area (Å²) >= 11 is 9.33. The van der Waals surface area contributed by atoms with E-state index in [1.54, 1.807) is 38.1 Å². The van der Waals surface area contributed by atoms with E-state index in [2.05, 4.69) is 26.4 Å². The van der Waals surface area contributed by atoms with Crippen molar-refractivity contribution >= 4 is 39.3 Å². The predicted octanol–water partition coefficient (Wildman–Crippen LogP) is 3.80. The molecule has 1 atom stereocenters. The summed E-state index contributed by atoms with van der Waals surface area (Å²) in [7, 11) is 0. The third-order valence-electron chi connectivity index (χ3n) is 2.45. The summed E-state index contributed by atoms with van der Waals surface area (Å²) < 4.78 is 11.2. The monoisotopic (exact) mass is 358 g/mol. The molecule has 20 heavy (non-hydrogen) atoms. The average Bonchev–Trinajstić information content (AvgIpc) is 2.78. The molecule has 1 aromatic carbocycles. The van der Waals surface area contributed by atoms with E-state index < -0.39 is 6.10 Å². The summed E-state index contributed by atoms with van der Waals surface area (Å²) in [5, 5.41) is 6.70. The first-order valence-electron chi connectivity index (χ1n) is 5.81. The van der Waals surface area contributed by atoms with E-state index in [1.807, 2.05) is 0 Å². The van der Waals surface area contributed by atoms with Gasteiger partial charge in [-0.2, -0.15) is 0 Å². The lowest BCUT2D eigenvalue weighted by Gasteiger charge is -2.14. The highest BCUT2D eigenvalue weighted by atomic mass is 79.9. The number of nitrogens with zero attached hydrogens (tertiary/aromatic N) is 1. The van der Waals surface area contributed by atoms with Gasteiger partial charge in [-0.05, 0) is 32.0 Å². The van der Waals surface area contributed by atoms with E-state index in [0.29, 0.717) is 22.4 Å². The van der Waals surface area contributed by atoms with E-state index in [4.69, 9.17) is 20.9 Å². The van der Waals surface area contributed by atoms with E-state index in [1.165, 1.54) is 0 Å². The number of nitrogens with one attached hydrogen (secondary N) is 1. The standard InChI is InChI=1S/C13H12BrClN2O3/c1-7-5-12(17-20-7)16-13(18)8(2)19-11-4-3-9(14)6-10(11)15/h3-6,8H,1-2H3,(H,16,17,18)/t8-/m1/s1. The number of rotatable bonds is 4. The smallest absolute Gasteiger partial charge is 0.266 e. The second kappa shape index (κ2) is 6.28. The summed E-state index contributed by atoms with van der Waals surface area (Å²) in [6, 6.07) is 6.79. The lowest BCUT2D eigenvalue weighted by Crippen LogP contribution is -2.30. The highest BCUT2D eigenvalue weighted by molar-refractivity contribution is 9.10. The van der Waals surface area contributed by atoms with Crippen molar-refractivity contribution in [1.29, 1.82) is 0 Å². The third kappa shape index (κ3) is 3.74. The molecule has 106 valence electrons. The SMILES string of the molecule is Cc1cc(NC(=O)[C@@H](C)Oc2ccc(Br)cc2Cl)no1. The average molecular weight is 360 g/mol. The molecule has 0 radical (unpaired) electrons. The highest BCUT2D eigenvalue weighted by Crippen LogP contribution is 2.28. The summed E-state index contributed by atoms with van der Waals surface area (Å²) in [6.45, 7) is 3.37. The molecule has 2 rings (SSSR count). The lowest BCUT2D eigenvalue weighted by molar-refractivity contribution is -0.122. The number of benzene rings is 1. The van der Waals surface area contributed by atoms with Gasteiger partial charge in [0.25, 0.3) is 5.91 Å². The Balaban J connectivity index is 2.00. The first kappa shape index (κ1) is 14.9. The Hall–Kier alpha value is -1.53. The number of carbonyl (C=O) groups excluding carboxylic acids is 1. The molecule has 7 heteroatoms. The number of aromatic nitrogens is 1. The maximum absolute atomic E-state index is 11.9. The van der Waals surface area contributed by atoms with E-state index in [0.717, 1.165) is 4.47 Å². The molecule has 0 unspecified atom stereocenters. The van der Waals surface area contributed by atoms with Crippen LogP contribution in [0.25, 0.3) is 0 Å². The molecular weight excluding hydrogens is 348 g/mol. The van der Waals surface area contributed by atoms with Gasteiger partial charge in [0, 0.05) is 10.5 Å². The Kier molecular flexibility index (Phi) is 4.67. The maximum Gasteiger partial charge on any atom is 0.266 e.